The average molecular weight is 306 g/mol. The Morgan fingerprint density at radius 1 is 0.812 bits per heavy atom. The van der Waals surface area contributed by atoms with Gasteiger partial charge in [0.05, 0.1) is 0 Å². The first-order valence-electron chi connectivity index (χ1n) is 4.77. The lowest BCUT2D eigenvalue weighted by atomic mass is 9.98. The molecule has 0 rings (SSSR count). The first kappa shape index (κ1) is 16.5. The second kappa shape index (κ2) is 6.44. The molecule has 0 atom stereocenters. The van der Waals surface area contributed by atoms with Crippen LogP contribution in [0.15, 0.2) is 10.2 Å². The van der Waals surface area contributed by atoms with Crippen LogP contribution in [0.2, 0.25) is 0 Å². The van der Waals surface area contributed by atoms with Gasteiger partial charge in [0.1, 0.15) is 10.3 Å². The lowest BCUT2D eigenvalue weighted by Gasteiger charge is -2.19. The lowest BCUT2D eigenvalue weighted by molar-refractivity contribution is 0.599. The highest BCUT2D eigenvalue weighted by Gasteiger charge is 2.25. The van der Waals surface area contributed by atoms with Gasteiger partial charge in [0, 0.05) is 22.6 Å². The maximum atomic E-state index is 5.98. The summed E-state index contributed by atoms with van der Waals surface area (Å²) in [6, 6.07) is 0. The van der Waals surface area contributed by atoms with Gasteiger partial charge in [0.2, 0.25) is 0 Å². The van der Waals surface area contributed by atoms with Crippen molar-refractivity contribution in [3.05, 3.63) is 0 Å². The van der Waals surface area contributed by atoms with Gasteiger partial charge in [0.15, 0.2) is 0 Å². The Morgan fingerprint density at radius 3 is 1.25 bits per heavy atom. The number of alkyl halides is 2. The summed E-state index contributed by atoms with van der Waals surface area (Å²) in [6.45, 7) is 7.51. The van der Waals surface area contributed by atoms with E-state index in [9.17, 15) is 0 Å². The van der Waals surface area contributed by atoms with E-state index in [1.807, 2.05) is 27.7 Å². The van der Waals surface area contributed by atoms with Gasteiger partial charge in [-0.1, -0.05) is 50.9 Å². The minimum absolute atomic E-state index is 0.325. The quantitative estimate of drug-likeness (QED) is 0.399. The van der Waals surface area contributed by atoms with Crippen LogP contribution in [0.4, 0.5) is 0 Å². The molecule has 2 nitrogen and oxygen atoms in total. The third kappa shape index (κ3) is 4.79. The number of halogens is 4. The van der Waals surface area contributed by atoms with Crippen molar-refractivity contribution in [1.29, 1.82) is 0 Å². The molecule has 0 aliphatic heterocycles. The number of rotatable bonds is 5. The first-order valence-corrected chi connectivity index (χ1v) is 6.59. The molecule has 0 saturated heterocycles. The second-order valence-electron chi connectivity index (χ2n) is 4.82. The van der Waals surface area contributed by atoms with Crippen molar-refractivity contribution in [2.24, 2.45) is 21.0 Å². The van der Waals surface area contributed by atoms with E-state index in [-0.39, 0.29) is 0 Å². The fourth-order valence-corrected chi connectivity index (χ4v) is 1.07. The van der Waals surface area contributed by atoms with Gasteiger partial charge >= 0.3 is 0 Å². The van der Waals surface area contributed by atoms with Crippen molar-refractivity contribution >= 4 is 56.7 Å². The van der Waals surface area contributed by atoms with Gasteiger partial charge in [-0.25, -0.2) is 0 Å². The zero-order valence-electron chi connectivity index (χ0n) is 9.82. The Morgan fingerprint density at radius 2 is 1.06 bits per heavy atom. The predicted molar refractivity (Wildman–Crippen MR) is 75.6 cm³/mol. The van der Waals surface area contributed by atoms with Crippen molar-refractivity contribution < 1.29 is 0 Å². The van der Waals surface area contributed by atoms with Gasteiger partial charge in [-0.2, -0.15) is 0 Å². The maximum absolute atomic E-state index is 5.98. The third-order valence-corrected chi connectivity index (χ3v) is 4.52. The van der Waals surface area contributed by atoms with Crippen LogP contribution in [0.3, 0.4) is 0 Å². The summed E-state index contributed by atoms with van der Waals surface area (Å²) >= 11 is 23.5. The summed E-state index contributed by atoms with van der Waals surface area (Å²) < 4.78 is 0. The average Bonchev–Trinajstić information content (AvgIpc) is 2.24. The largest absolute Gasteiger partial charge is 0.141 e. The third-order valence-electron chi connectivity index (χ3n) is 2.01. The van der Waals surface area contributed by atoms with E-state index in [0.29, 0.717) is 22.1 Å². The second-order valence-corrected chi connectivity index (χ2v) is 6.07. The van der Waals surface area contributed by atoms with Crippen LogP contribution < -0.4 is 0 Å². The Balaban J connectivity index is 4.89. The molecule has 0 heterocycles. The van der Waals surface area contributed by atoms with E-state index in [1.165, 1.54) is 0 Å². The molecule has 0 aromatic rings. The van der Waals surface area contributed by atoms with Crippen molar-refractivity contribution in [3.63, 3.8) is 0 Å². The van der Waals surface area contributed by atoms with E-state index >= 15 is 0 Å². The maximum Gasteiger partial charge on any atom is 0.135 e. The molecule has 0 fully saturated rings. The molecule has 0 amide bonds. The van der Waals surface area contributed by atoms with Crippen molar-refractivity contribution in [3.8, 4) is 0 Å². The Hall–Kier alpha value is 0.500. The van der Waals surface area contributed by atoms with E-state index in [0.717, 1.165) is 0 Å². The topological polar surface area (TPSA) is 24.7 Å². The summed E-state index contributed by atoms with van der Waals surface area (Å²) in [7, 11) is 0. The highest BCUT2D eigenvalue weighted by molar-refractivity contribution is 6.68. The van der Waals surface area contributed by atoms with E-state index in [2.05, 4.69) is 10.2 Å². The van der Waals surface area contributed by atoms with E-state index in [1.54, 1.807) is 0 Å². The number of hydrogen-bond donors (Lipinski definition) is 0. The fraction of sp³-hybridized carbons (Fsp3) is 0.800. The predicted octanol–water partition coefficient (Wildman–Crippen LogP) is 4.71. The molecule has 0 N–H and O–H groups in total. The van der Waals surface area contributed by atoms with Crippen LogP contribution in [0, 0.1) is 10.8 Å². The Kier molecular flexibility index (Phi) is 6.64. The molecule has 0 aliphatic rings. The van der Waals surface area contributed by atoms with E-state index < -0.39 is 10.8 Å². The molecule has 0 aliphatic carbocycles. The van der Waals surface area contributed by atoms with Gasteiger partial charge < -0.3 is 0 Å². The summed E-state index contributed by atoms with van der Waals surface area (Å²) in [4.78, 5) is 0. The molecule has 0 saturated carbocycles. The summed E-state index contributed by atoms with van der Waals surface area (Å²) in [5, 5.41) is 8.40. The van der Waals surface area contributed by atoms with Crippen LogP contribution in [0.1, 0.15) is 27.7 Å². The number of nitrogens with zero attached hydrogens (tertiary/aromatic N) is 2. The molecule has 0 aromatic carbocycles. The Labute approximate surface area is 117 Å². The molecular weight excluding hydrogens is 290 g/mol. The molecular formula is C10H16Cl4N2. The van der Waals surface area contributed by atoms with E-state index in [4.69, 9.17) is 46.4 Å². The van der Waals surface area contributed by atoms with Crippen LogP contribution in [0.5, 0.6) is 0 Å². The smallest absolute Gasteiger partial charge is 0.135 e. The molecule has 0 radical (unpaired) electrons. The molecule has 0 unspecified atom stereocenters. The van der Waals surface area contributed by atoms with Crippen molar-refractivity contribution in [2.45, 2.75) is 27.7 Å². The standard InChI is InChI=1S/C10H16Cl4N2/c1-9(2,5-11)7(13)15-16-8(14)10(3,4)6-12/h5-6H2,1-4H3/b15-7-,16-8-. The van der Waals surface area contributed by atoms with Gasteiger partial charge in [-0.05, 0) is 0 Å². The monoisotopic (exact) mass is 304 g/mol. The SMILES string of the molecule is CC(C)(CCl)/C(Cl)=N/N=C(\Cl)C(C)(C)CCl. The highest BCUT2D eigenvalue weighted by atomic mass is 35.5. The molecule has 94 valence electrons. The molecule has 0 bridgehead atoms. The fourth-order valence-electron chi connectivity index (χ4n) is 0.469. The van der Waals surface area contributed by atoms with Gasteiger partial charge in [0.25, 0.3) is 0 Å². The number of hydrogen-bond acceptors (Lipinski definition) is 2. The van der Waals surface area contributed by atoms with Crippen LogP contribution >= 0.6 is 46.4 Å². The van der Waals surface area contributed by atoms with Crippen LogP contribution in [-0.2, 0) is 0 Å². The lowest BCUT2D eigenvalue weighted by Crippen LogP contribution is -2.23. The summed E-state index contributed by atoms with van der Waals surface area (Å²) in [5.41, 5.74) is -0.816. The molecule has 0 spiro atoms. The van der Waals surface area contributed by atoms with Crippen LogP contribution in [-0.4, -0.2) is 22.1 Å². The summed E-state index contributed by atoms with van der Waals surface area (Å²) in [5.74, 6) is 0.725. The minimum atomic E-state index is -0.408. The minimum Gasteiger partial charge on any atom is -0.141 e. The highest BCUT2D eigenvalue weighted by Crippen LogP contribution is 2.25. The molecule has 6 heteroatoms. The molecule has 16 heavy (non-hydrogen) atoms. The molecule has 0 aromatic heterocycles. The first-order chi connectivity index (χ1) is 7.17. The van der Waals surface area contributed by atoms with Gasteiger partial charge in [-0.3, -0.25) is 0 Å². The Bertz CT molecular complexity index is 265. The summed E-state index contributed by atoms with van der Waals surface area (Å²) in [6.07, 6.45) is 0. The zero-order chi connectivity index (χ0) is 13.0. The van der Waals surface area contributed by atoms with Crippen molar-refractivity contribution in [1.82, 2.24) is 0 Å². The zero-order valence-corrected chi connectivity index (χ0v) is 12.8. The normalized spacial score (nSPS) is 15.5. The van der Waals surface area contributed by atoms with Gasteiger partial charge in [-0.15, -0.1) is 33.4 Å². The van der Waals surface area contributed by atoms with Crippen LogP contribution in [0.25, 0.3) is 0 Å². The van der Waals surface area contributed by atoms with Crippen molar-refractivity contribution in [2.75, 3.05) is 11.8 Å².